The van der Waals surface area contributed by atoms with Crippen molar-refractivity contribution in [3.63, 3.8) is 0 Å². The highest BCUT2D eigenvalue weighted by molar-refractivity contribution is 5.82. The van der Waals surface area contributed by atoms with Crippen molar-refractivity contribution in [1.82, 2.24) is 10.6 Å². The average Bonchev–Trinajstić information content (AvgIpc) is 2.27. The van der Waals surface area contributed by atoms with Gasteiger partial charge in [-0.05, 0) is 13.8 Å². The van der Waals surface area contributed by atoms with Gasteiger partial charge in [-0.25, -0.2) is 0 Å². The van der Waals surface area contributed by atoms with Crippen molar-refractivity contribution in [3.05, 3.63) is 0 Å². The number of esters is 1. The molecule has 0 bridgehead atoms. The second-order valence-corrected chi connectivity index (χ2v) is 3.36. The van der Waals surface area contributed by atoms with Gasteiger partial charge in [0.2, 0.25) is 11.8 Å². The van der Waals surface area contributed by atoms with E-state index in [0.717, 1.165) is 0 Å². The van der Waals surface area contributed by atoms with Crippen LogP contribution in [-0.4, -0.2) is 37.5 Å². The largest absolute Gasteiger partial charge is 0.466 e. The first kappa shape index (κ1) is 15.4. The molecule has 0 saturated heterocycles. The van der Waals surface area contributed by atoms with Crippen molar-refractivity contribution < 1.29 is 19.1 Å². The van der Waals surface area contributed by atoms with Crippen LogP contribution in [0.2, 0.25) is 0 Å². The van der Waals surface area contributed by atoms with Gasteiger partial charge in [0, 0.05) is 25.9 Å². The third-order valence-corrected chi connectivity index (χ3v) is 1.91. The molecule has 2 N–H and O–H groups in total. The highest BCUT2D eigenvalue weighted by Gasteiger charge is 2.07. The standard InChI is InChI=1S/C11H20N2O4/c1-3-12-10(15)7-8-13-9(14)5-6-11(16)17-4-2/h3-8H2,1-2H3,(H,12,15)(H,13,14). The molecule has 0 unspecified atom stereocenters. The van der Waals surface area contributed by atoms with Crippen molar-refractivity contribution in [2.75, 3.05) is 19.7 Å². The third-order valence-electron chi connectivity index (χ3n) is 1.91. The van der Waals surface area contributed by atoms with Crippen molar-refractivity contribution in [1.29, 1.82) is 0 Å². The molecule has 0 aromatic rings. The monoisotopic (exact) mass is 244 g/mol. The Morgan fingerprint density at radius 1 is 0.941 bits per heavy atom. The molecule has 0 rings (SSSR count). The molecule has 0 aromatic carbocycles. The Morgan fingerprint density at radius 2 is 1.59 bits per heavy atom. The minimum absolute atomic E-state index is 0.0703. The summed E-state index contributed by atoms with van der Waals surface area (Å²) in [5.41, 5.74) is 0. The number of carbonyl (C=O) groups excluding carboxylic acids is 3. The molecule has 0 atom stereocenters. The summed E-state index contributed by atoms with van der Waals surface area (Å²) in [5.74, 6) is -0.730. The van der Waals surface area contributed by atoms with Gasteiger partial charge in [0.25, 0.3) is 0 Å². The quantitative estimate of drug-likeness (QED) is 0.587. The summed E-state index contributed by atoms with van der Waals surface area (Å²) >= 11 is 0. The van der Waals surface area contributed by atoms with Gasteiger partial charge in [-0.3, -0.25) is 14.4 Å². The molecule has 6 nitrogen and oxygen atoms in total. The van der Waals surface area contributed by atoms with E-state index in [9.17, 15) is 14.4 Å². The zero-order valence-corrected chi connectivity index (χ0v) is 10.4. The van der Waals surface area contributed by atoms with E-state index in [4.69, 9.17) is 0 Å². The first-order chi connectivity index (χ1) is 8.10. The maximum Gasteiger partial charge on any atom is 0.306 e. The van der Waals surface area contributed by atoms with Gasteiger partial charge in [-0.2, -0.15) is 0 Å². The molecule has 0 spiro atoms. The maximum absolute atomic E-state index is 11.2. The molecule has 0 fully saturated rings. The lowest BCUT2D eigenvalue weighted by Crippen LogP contribution is -2.30. The highest BCUT2D eigenvalue weighted by Crippen LogP contribution is 1.93. The third kappa shape index (κ3) is 9.35. The Bertz CT molecular complexity index is 266. The first-order valence-corrected chi connectivity index (χ1v) is 5.79. The summed E-state index contributed by atoms with van der Waals surface area (Å²) in [7, 11) is 0. The second kappa shape index (κ2) is 9.62. The molecular formula is C11H20N2O4. The van der Waals surface area contributed by atoms with Crippen LogP contribution in [0.5, 0.6) is 0 Å². The van der Waals surface area contributed by atoms with Gasteiger partial charge in [0.05, 0.1) is 13.0 Å². The Labute approximate surface area is 101 Å². The molecule has 0 aliphatic rings. The molecule has 0 aromatic heterocycles. The van der Waals surface area contributed by atoms with Gasteiger partial charge < -0.3 is 15.4 Å². The van der Waals surface area contributed by atoms with Crippen LogP contribution in [0.1, 0.15) is 33.1 Å². The van der Waals surface area contributed by atoms with Gasteiger partial charge in [0.1, 0.15) is 0 Å². The van der Waals surface area contributed by atoms with E-state index in [-0.39, 0.29) is 43.6 Å². The van der Waals surface area contributed by atoms with Gasteiger partial charge in [-0.1, -0.05) is 0 Å². The molecule has 0 radical (unpaired) electrons. The molecule has 2 amide bonds. The number of ether oxygens (including phenoxy) is 1. The SMILES string of the molecule is CCNC(=O)CCNC(=O)CCC(=O)OCC. The molecule has 0 saturated carbocycles. The molecular weight excluding hydrogens is 224 g/mol. The lowest BCUT2D eigenvalue weighted by molar-refractivity contribution is -0.144. The zero-order chi connectivity index (χ0) is 13.1. The first-order valence-electron chi connectivity index (χ1n) is 5.79. The van der Waals surface area contributed by atoms with Crippen molar-refractivity contribution in [2.45, 2.75) is 33.1 Å². The number of hydrogen-bond donors (Lipinski definition) is 2. The average molecular weight is 244 g/mol. The van der Waals surface area contributed by atoms with Crippen LogP contribution >= 0.6 is 0 Å². The highest BCUT2D eigenvalue weighted by atomic mass is 16.5. The van der Waals surface area contributed by atoms with E-state index in [0.29, 0.717) is 13.2 Å². The lowest BCUT2D eigenvalue weighted by Gasteiger charge is -2.05. The topological polar surface area (TPSA) is 84.5 Å². The molecule has 98 valence electrons. The van der Waals surface area contributed by atoms with E-state index in [1.165, 1.54) is 0 Å². The van der Waals surface area contributed by atoms with Gasteiger partial charge in [-0.15, -0.1) is 0 Å². The molecule has 6 heteroatoms. The van der Waals surface area contributed by atoms with E-state index in [1.54, 1.807) is 6.92 Å². The Morgan fingerprint density at radius 3 is 2.18 bits per heavy atom. The van der Waals surface area contributed by atoms with Crippen LogP contribution in [-0.2, 0) is 19.1 Å². The van der Waals surface area contributed by atoms with Gasteiger partial charge >= 0.3 is 5.97 Å². The smallest absolute Gasteiger partial charge is 0.306 e. The van der Waals surface area contributed by atoms with Gasteiger partial charge in [0.15, 0.2) is 0 Å². The van der Waals surface area contributed by atoms with Crippen LogP contribution in [0, 0.1) is 0 Å². The number of nitrogens with one attached hydrogen (secondary N) is 2. The summed E-state index contributed by atoms with van der Waals surface area (Å²) in [6.07, 6.45) is 0.411. The number of hydrogen-bond acceptors (Lipinski definition) is 4. The Hall–Kier alpha value is -1.59. The van der Waals surface area contributed by atoms with E-state index >= 15 is 0 Å². The number of amides is 2. The van der Waals surface area contributed by atoms with Crippen molar-refractivity contribution in [2.24, 2.45) is 0 Å². The van der Waals surface area contributed by atoms with Crippen molar-refractivity contribution in [3.8, 4) is 0 Å². The Balaban J connectivity index is 3.53. The maximum atomic E-state index is 11.2. The molecule has 0 aliphatic carbocycles. The molecule has 0 heterocycles. The number of carbonyl (C=O) groups is 3. The summed E-state index contributed by atoms with van der Waals surface area (Å²) < 4.78 is 4.68. The summed E-state index contributed by atoms with van der Waals surface area (Å²) in [4.78, 5) is 33.2. The molecule has 17 heavy (non-hydrogen) atoms. The van der Waals surface area contributed by atoms with Crippen LogP contribution < -0.4 is 10.6 Å². The van der Waals surface area contributed by atoms with Crippen LogP contribution in [0.25, 0.3) is 0 Å². The van der Waals surface area contributed by atoms with Crippen LogP contribution in [0.3, 0.4) is 0 Å². The minimum Gasteiger partial charge on any atom is -0.466 e. The van der Waals surface area contributed by atoms with E-state index < -0.39 is 0 Å². The fraction of sp³-hybridized carbons (Fsp3) is 0.727. The minimum atomic E-state index is -0.383. The fourth-order valence-electron chi connectivity index (χ4n) is 1.14. The van der Waals surface area contributed by atoms with Crippen LogP contribution in [0.15, 0.2) is 0 Å². The van der Waals surface area contributed by atoms with Crippen LogP contribution in [0.4, 0.5) is 0 Å². The summed E-state index contributed by atoms with van der Waals surface area (Å²) in [6.45, 7) is 4.72. The Kier molecular flexibility index (Phi) is 8.72. The summed E-state index contributed by atoms with van der Waals surface area (Å²) in [6, 6.07) is 0. The van der Waals surface area contributed by atoms with E-state index in [2.05, 4.69) is 15.4 Å². The fourth-order valence-corrected chi connectivity index (χ4v) is 1.14. The lowest BCUT2D eigenvalue weighted by atomic mass is 10.3. The molecule has 0 aliphatic heterocycles. The van der Waals surface area contributed by atoms with E-state index in [1.807, 2.05) is 6.92 Å². The summed E-state index contributed by atoms with van der Waals surface area (Å²) in [5, 5.41) is 5.18. The normalized spacial score (nSPS) is 9.53. The predicted octanol–water partition coefficient (Wildman–Crippen LogP) is -0.0279. The predicted molar refractivity (Wildman–Crippen MR) is 62.2 cm³/mol. The second-order valence-electron chi connectivity index (χ2n) is 3.36. The number of rotatable bonds is 8. The van der Waals surface area contributed by atoms with Crippen molar-refractivity contribution >= 4 is 17.8 Å². The zero-order valence-electron chi connectivity index (χ0n) is 10.4.